The van der Waals surface area contributed by atoms with Crippen molar-refractivity contribution in [2.45, 2.75) is 102 Å². The number of nitrogens with zero attached hydrogens (tertiary/aromatic N) is 8. The number of anilines is 6. The predicted molar refractivity (Wildman–Crippen MR) is 245 cm³/mol. The molecule has 4 fully saturated rings. The molecule has 0 radical (unpaired) electrons. The van der Waals surface area contributed by atoms with Gasteiger partial charge in [-0.15, -0.1) is 0 Å². The average molecular weight is 864 g/mol. The van der Waals surface area contributed by atoms with E-state index in [1.165, 1.54) is 57.4 Å². The molecule has 8 heterocycles. The molecular weight excluding hydrogens is 807 g/mol. The fourth-order valence-corrected chi connectivity index (χ4v) is 9.32. The molecule has 17 heteroatoms. The molecule has 2 saturated carbocycles. The second-order valence-electron chi connectivity index (χ2n) is 16.7. The van der Waals surface area contributed by atoms with Gasteiger partial charge < -0.3 is 20.6 Å². The molecule has 0 aromatic carbocycles. The third kappa shape index (κ3) is 10.3. The van der Waals surface area contributed by atoms with Crippen molar-refractivity contribution in [3.05, 3.63) is 84.4 Å². The second-order valence-corrected chi connectivity index (χ2v) is 16.7. The van der Waals surface area contributed by atoms with E-state index in [9.17, 15) is 24.3 Å². The molecule has 4 amide bonds. The lowest BCUT2D eigenvalue weighted by molar-refractivity contribution is 0.0690. The number of carboxylic acids is 1. The van der Waals surface area contributed by atoms with E-state index in [1.807, 2.05) is 24.3 Å². The largest absolute Gasteiger partial charge is 0.477 e. The highest BCUT2D eigenvalue weighted by molar-refractivity contribution is 7.59. The summed E-state index contributed by atoms with van der Waals surface area (Å²) in [5, 5.41) is 14.8. The molecule has 0 spiro atoms. The number of Topliss-reactive ketones (excluding diaryl/α,β-unsaturated/α-hetero) is 1. The number of urea groups is 2. The van der Waals surface area contributed by atoms with Crippen molar-refractivity contribution in [3.63, 3.8) is 0 Å². The number of carbonyl (C=O) groups excluding carboxylic acids is 3. The zero-order valence-corrected chi connectivity index (χ0v) is 36.0. The molecule has 4 aliphatic heterocycles. The fraction of sp³-hybridized carbons (Fsp3) is 0.467. The van der Waals surface area contributed by atoms with E-state index in [2.05, 4.69) is 35.4 Å². The first-order chi connectivity index (χ1) is 29.7. The van der Waals surface area contributed by atoms with Gasteiger partial charge in [-0.1, -0.05) is 63.5 Å². The van der Waals surface area contributed by atoms with Gasteiger partial charge in [0.25, 0.3) is 0 Å². The first-order valence-corrected chi connectivity index (χ1v) is 21.8. The van der Waals surface area contributed by atoms with Crippen LogP contribution in [0.1, 0.15) is 104 Å². The summed E-state index contributed by atoms with van der Waals surface area (Å²) < 4.78 is 0. The minimum absolute atomic E-state index is 0. The minimum atomic E-state index is -1.11. The molecule has 62 heavy (non-hydrogen) atoms. The van der Waals surface area contributed by atoms with Crippen LogP contribution in [0.25, 0.3) is 0 Å². The van der Waals surface area contributed by atoms with Gasteiger partial charge in [0.1, 0.15) is 17.3 Å². The van der Waals surface area contributed by atoms with Crippen LogP contribution in [0.2, 0.25) is 0 Å². The summed E-state index contributed by atoms with van der Waals surface area (Å²) in [6.45, 7) is 3.22. The van der Waals surface area contributed by atoms with Crippen molar-refractivity contribution < 1.29 is 24.3 Å². The Morgan fingerprint density at radius 2 is 1.11 bits per heavy atom. The number of aromatic carboxylic acids is 1. The van der Waals surface area contributed by atoms with Crippen molar-refractivity contribution in [2.75, 3.05) is 56.4 Å². The summed E-state index contributed by atoms with van der Waals surface area (Å²) in [6, 6.07) is 17.6. The zero-order chi connectivity index (χ0) is 42.3. The van der Waals surface area contributed by atoms with Crippen molar-refractivity contribution in [3.8, 4) is 0 Å². The van der Waals surface area contributed by atoms with Gasteiger partial charge in [0, 0.05) is 51.0 Å². The third-order valence-corrected chi connectivity index (χ3v) is 12.5. The number of ketones is 1. The number of hydrogen-bond acceptors (Lipinski definition) is 11. The third-order valence-electron chi connectivity index (χ3n) is 12.5. The average Bonchev–Trinajstić information content (AvgIpc) is 3.90. The number of aromatic nitrogens is 4. The van der Waals surface area contributed by atoms with Crippen LogP contribution in [-0.2, 0) is 0 Å². The Bertz CT molecular complexity index is 2190. The Balaban J connectivity index is 0.000000162. The molecule has 328 valence electrons. The van der Waals surface area contributed by atoms with Crippen LogP contribution >= 0.6 is 13.5 Å². The summed E-state index contributed by atoms with van der Waals surface area (Å²) >= 11 is 0. The second kappa shape index (κ2) is 20.4. The SMILES string of the molecule is NC1CCCCC1.O=C(CC1CCCCC1)c1ccc2c(n1)N(C(=O)Nc1ccccn1)[C@H]1CCN2C1.O=C(O)c1ccc2c(n1)N(C(=O)Nc1ccccn1)[C@H]1CCN2C1.S. The lowest BCUT2D eigenvalue weighted by Crippen LogP contribution is -2.48. The molecule has 16 nitrogen and oxygen atoms in total. The van der Waals surface area contributed by atoms with Gasteiger partial charge in [-0.05, 0) is 80.1 Å². The number of fused-ring (bicyclic) bond motifs is 8. The maximum absolute atomic E-state index is 13.1. The van der Waals surface area contributed by atoms with E-state index in [0.29, 0.717) is 47.3 Å². The molecule has 0 unspecified atom stereocenters. The van der Waals surface area contributed by atoms with Gasteiger partial charge in [-0.2, -0.15) is 13.5 Å². The lowest BCUT2D eigenvalue weighted by atomic mass is 9.85. The van der Waals surface area contributed by atoms with Crippen LogP contribution in [-0.4, -0.2) is 93.2 Å². The van der Waals surface area contributed by atoms with Crippen molar-refractivity contribution >= 4 is 72.0 Å². The van der Waals surface area contributed by atoms with E-state index in [1.54, 1.807) is 52.5 Å². The first kappa shape index (κ1) is 44.3. The van der Waals surface area contributed by atoms with Gasteiger partial charge in [0.15, 0.2) is 23.1 Å². The van der Waals surface area contributed by atoms with Gasteiger partial charge in [0.2, 0.25) is 0 Å². The van der Waals surface area contributed by atoms with Crippen LogP contribution in [0.15, 0.2) is 73.1 Å². The molecule has 6 aliphatic rings. The van der Waals surface area contributed by atoms with E-state index >= 15 is 0 Å². The number of carbonyl (C=O) groups is 4. The number of nitrogens with one attached hydrogen (secondary N) is 2. The number of carboxylic acid groups (broad SMARTS) is 1. The highest BCUT2D eigenvalue weighted by Crippen LogP contribution is 2.41. The Morgan fingerprint density at radius 1 is 0.629 bits per heavy atom. The van der Waals surface area contributed by atoms with Crippen LogP contribution in [0.3, 0.4) is 0 Å². The summed E-state index contributed by atoms with van der Waals surface area (Å²) in [5.74, 6) is 1.36. The van der Waals surface area contributed by atoms with Gasteiger partial charge >= 0.3 is 18.0 Å². The topological polar surface area (TPSA) is 203 Å². The number of rotatable bonds is 6. The quantitative estimate of drug-likeness (QED) is 0.140. The predicted octanol–water partition coefficient (Wildman–Crippen LogP) is 7.46. The summed E-state index contributed by atoms with van der Waals surface area (Å²) in [7, 11) is 0. The molecule has 4 bridgehead atoms. The van der Waals surface area contributed by atoms with E-state index < -0.39 is 5.97 Å². The maximum Gasteiger partial charge on any atom is 0.354 e. The first-order valence-electron chi connectivity index (χ1n) is 21.8. The molecule has 10 rings (SSSR count). The van der Waals surface area contributed by atoms with Gasteiger partial charge in [-0.3, -0.25) is 25.2 Å². The highest BCUT2D eigenvalue weighted by atomic mass is 32.1. The van der Waals surface area contributed by atoms with E-state index in [4.69, 9.17) is 10.7 Å². The fourth-order valence-electron chi connectivity index (χ4n) is 9.32. The van der Waals surface area contributed by atoms with Crippen LogP contribution in [0.5, 0.6) is 0 Å². The number of hydrogen-bond donors (Lipinski definition) is 4. The number of nitrogens with two attached hydrogens (primary N) is 1. The van der Waals surface area contributed by atoms with E-state index in [0.717, 1.165) is 63.2 Å². The number of pyridine rings is 4. The standard InChI is InChI=1S/C23H27N5O2.C16H15N5O3.C6H13N.H2S/c29-20(14-16-6-2-1-3-7-16)18-9-10-19-22(25-18)28(17-11-13-27(19)15-17)23(30)26-21-8-4-5-12-24-21;22-15(23)11-4-5-12-14(18-11)21(10-6-8-20(12)9-10)16(24)19-13-3-1-2-7-17-13;7-6-4-2-1-3-5-6;/h4-5,8-10,12,16-17H,1-3,6-7,11,13-15H2,(H,24,26,30);1-5,7,10H,6,8-9H2,(H,22,23)(H,17,19,24);6H,1-5,7H2;1H2/t17-;10-;;/m00../s1. The maximum atomic E-state index is 13.1. The zero-order valence-electron chi connectivity index (χ0n) is 35.0. The summed E-state index contributed by atoms with van der Waals surface area (Å²) in [4.78, 5) is 75.0. The van der Waals surface area contributed by atoms with Crippen molar-refractivity contribution in [1.29, 1.82) is 0 Å². The Hall–Kier alpha value is -5.81. The molecule has 4 aromatic rings. The van der Waals surface area contributed by atoms with Crippen LogP contribution in [0, 0.1) is 5.92 Å². The minimum Gasteiger partial charge on any atom is -0.477 e. The Labute approximate surface area is 369 Å². The van der Waals surface area contributed by atoms with Crippen LogP contribution < -0.4 is 36.0 Å². The van der Waals surface area contributed by atoms with Gasteiger partial charge in [0.05, 0.1) is 23.5 Å². The molecule has 4 aromatic heterocycles. The van der Waals surface area contributed by atoms with E-state index in [-0.39, 0.29) is 49.1 Å². The Kier molecular flexibility index (Phi) is 14.5. The molecule has 2 saturated heterocycles. The number of amides is 4. The van der Waals surface area contributed by atoms with Crippen LogP contribution in [0.4, 0.5) is 44.2 Å². The smallest absolute Gasteiger partial charge is 0.354 e. The highest BCUT2D eigenvalue weighted by Gasteiger charge is 2.42. The lowest BCUT2D eigenvalue weighted by Gasteiger charge is -2.35. The summed E-state index contributed by atoms with van der Waals surface area (Å²) in [5.41, 5.74) is 7.74. The van der Waals surface area contributed by atoms with Crippen molar-refractivity contribution in [1.82, 2.24) is 19.9 Å². The molecule has 5 N–H and O–H groups in total. The monoisotopic (exact) mass is 863 g/mol. The summed E-state index contributed by atoms with van der Waals surface area (Å²) in [6.07, 6.45) is 18.1. The molecule has 2 atom stereocenters. The normalized spacial score (nSPS) is 20.0. The van der Waals surface area contributed by atoms with Gasteiger partial charge in [-0.25, -0.2) is 34.3 Å². The van der Waals surface area contributed by atoms with Crippen molar-refractivity contribution in [2.24, 2.45) is 11.7 Å². The molecule has 2 aliphatic carbocycles. The Morgan fingerprint density at radius 3 is 1.56 bits per heavy atom. The molecular formula is C45H57N11O5S.